The molecule has 0 aromatic heterocycles. The number of para-hydroxylation sites is 1. The van der Waals surface area contributed by atoms with E-state index in [0.717, 1.165) is 12.5 Å². The van der Waals surface area contributed by atoms with Crippen molar-refractivity contribution < 1.29 is 22.6 Å². The van der Waals surface area contributed by atoms with E-state index in [1.54, 1.807) is 32.4 Å². The Labute approximate surface area is 126 Å². The number of hydrogen-bond acceptors (Lipinski definition) is 5. The Bertz CT molecular complexity index is 526. The van der Waals surface area contributed by atoms with E-state index in [1.807, 2.05) is 0 Å². The first kappa shape index (κ1) is 17.9. The quantitative estimate of drug-likeness (QED) is 0.887. The molecule has 0 heterocycles. The minimum absolute atomic E-state index is 0.00694. The molecule has 0 unspecified atom stereocenters. The van der Waals surface area contributed by atoms with Gasteiger partial charge in [0.15, 0.2) is 0 Å². The summed E-state index contributed by atoms with van der Waals surface area (Å²) in [6.07, 6.45) is 2.89. The van der Waals surface area contributed by atoms with Crippen molar-refractivity contribution in [3.05, 3.63) is 24.3 Å². The largest absolute Gasteiger partial charge is 0.495 e. The fraction of sp³-hybridized carbons (Fsp3) is 0.571. The van der Waals surface area contributed by atoms with Crippen molar-refractivity contribution in [2.45, 2.75) is 23.8 Å². The predicted octanol–water partition coefficient (Wildman–Crippen LogP) is 1.40. The van der Waals surface area contributed by atoms with Crippen LogP contribution in [0.4, 0.5) is 0 Å². The van der Waals surface area contributed by atoms with E-state index in [1.165, 1.54) is 26.0 Å². The molecule has 0 saturated heterocycles. The van der Waals surface area contributed by atoms with Crippen LogP contribution in [0.2, 0.25) is 0 Å². The lowest BCUT2D eigenvalue weighted by Crippen LogP contribution is -2.32. The van der Waals surface area contributed by atoms with Gasteiger partial charge in [0, 0.05) is 20.8 Å². The third kappa shape index (κ3) is 5.62. The van der Waals surface area contributed by atoms with E-state index < -0.39 is 10.0 Å². The zero-order valence-electron chi connectivity index (χ0n) is 12.6. The summed E-state index contributed by atoms with van der Waals surface area (Å²) >= 11 is 0. The van der Waals surface area contributed by atoms with Gasteiger partial charge in [0.05, 0.1) is 13.2 Å². The highest BCUT2D eigenvalue weighted by molar-refractivity contribution is 7.89. The molecule has 0 aliphatic heterocycles. The first-order valence-corrected chi connectivity index (χ1v) is 8.14. The minimum atomic E-state index is -3.67. The summed E-state index contributed by atoms with van der Waals surface area (Å²) in [5.41, 5.74) is 0. The van der Waals surface area contributed by atoms with Crippen molar-refractivity contribution in [2.75, 3.05) is 27.9 Å². The van der Waals surface area contributed by atoms with Crippen LogP contribution in [0.3, 0.4) is 0 Å². The van der Waals surface area contributed by atoms with Crippen LogP contribution in [0.5, 0.6) is 5.75 Å². The zero-order valence-corrected chi connectivity index (χ0v) is 13.4. The standard InChI is InChI=1S/C7H9NO3S.C7H14O2/c1-11-6-4-2-3-5-7(6)12(8,9)10;1-8-5-6-3-7(4-6)9-2/h2-5H,1H3,(H2,8,9,10);6-7H,3-5H2,1-2H3. The second-order valence-corrected chi connectivity index (χ2v) is 6.38. The molecule has 0 bridgehead atoms. The Morgan fingerprint density at radius 1 is 1.19 bits per heavy atom. The average Bonchev–Trinajstić information content (AvgIpc) is 2.42. The number of benzene rings is 1. The van der Waals surface area contributed by atoms with Gasteiger partial charge in [-0.15, -0.1) is 0 Å². The highest BCUT2D eigenvalue weighted by atomic mass is 32.2. The summed E-state index contributed by atoms with van der Waals surface area (Å²) in [6, 6.07) is 6.20. The van der Waals surface area contributed by atoms with Crippen LogP contribution in [0.25, 0.3) is 0 Å². The highest BCUT2D eigenvalue weighted by Crippen LogP contribution is 2.29. The molecule has 2 rings (SSSR count). The Morgan fingerprint density at radius 2 is 1.81 bits per heavy atom. The second-order valence-electron chi connectivity index (χ2n) is 4.85. The Hall–Kier alpha value is -1.15. The van der Waals surface area contributed by atoms with Crippen molar-refractivity contribution >= 4 is 10.0 Å². The van der Waals surface area contributed by atoms with Crippen LogP contribution in [0.1, 0.15) is 12.8 Å². The molecule has 21 heavy (non-hydrogen) atoms. The lowest BCUT2D eigenvalue weighted by atomic mass is 9.83. The van der Waals surface area contributed by atoms with Gasteiger partial charge in [-0.25, -0.2) is 13.6 Å². The van der Waals surface area contributed by atoms with Gasteiger partial charge in [-0.2, -0.15) is 0 Å². The Balaban J connectivity index is 0.000000219. The first-order valence-electron chi connectivity index (χ1n) is 6.59. The van der Waals surface area contributed by atoms with Crippen LogP contribution in [0.15, 0.2) is 29.2 Å². The van der Waals surface area contributed by atoms with E-state index in [4.69, 9.17) is 19.3 Å². The Morgan fingerprint density at radius 3 is 2.24 bits per heavy atom. The molecule has 1 fully saturated rings. The summed E-state index contributed by atoms with van der Waals surface area (Å²) in [7, 11) is 1.24. The van der Waals surface area contributed by atoms with Crippen molar-refractivity contribution in [2.24, 2.45) is 11.1 Å². The molecule has 1 aliphatic rings. The third-order valence-electron chi connectivity index (χ3n) is 3.30. The van der Waals surface area contributed by atoms with Gasteiger partial charge in [-0.1, -0.05) is 12.1 Å². The van der Waals surface area contributed by atoms with Gasteiger partial charge in [-0.3, -0.25) is 0 Å². The van der Waals surface area contributed by atoms with Gasteiger partial charge in [0.25, 0.3) is 0 Å². The molecule has 1 saturated carbocycles. The van der Waals surface area contributed by atoms with E-state index in [0.29, 0.717) is 6.10 Å². The van der Waals surface area contributed by atoms with Gasteiger partial charge in [0.1, 0.15) is 10.6 Å². The van der Waals surface area contributed by atoms with Crippen LogP contribution < -0.4 is 9.88 Å². The zero-order chi connectivity index (χ0) is 15.9. The molecule has 1 aliphatic carbocycles. The number of nitrogens with two attached hydrogens (primary N) is 1. The van der Waals surface area contributed by atoms with E-state index in [9.17, 15) is 8.42 Å². The molecular formula is C14H23NO5S. The monoisotopic (exact) mass is 317 g/mol. The second kappa shape index (κ2) is 8.33. The molecule has 7 heteroatoms. The normalized spacial score (nSPS) is 21.0. The molecule has 0 atom stereocenters. The summed E-state index contributed by atoms with van der Waals surface area (Å²) < 4.78 is 36.7. The minimum Gasteiger partial charge on any atom is -0.495 e. The average molecular weight is 317 g/mol. The summed E-state index contributed by atoms with van der Waals surface area (Å²) in [4.78, 5) is 0.00694. The van der Waals surface area contributed by atoms with Crippen molar-refractivity contribution in [1.29, 1.82) is 0 Å². The maximum Gasteiger partial charge on any atom is 0.241 e. The summed E-state index contributed by atoms with van der Waals surface area (Å²) in [6.45, 7) is 0.903. The highest BCUT2D eigenvalue weighted by Gasteiger charge is 2.28. The van der Waals surface area contributed by atoms with Crippen LogP contribution in [-0.4, -0.2) is 42.5 Å². The fourth-order valence-electron chi connectivity index (χ4n) is 2.09. The predicted molar refractivity (Wildman–Crippen MR) is 79.8 cm³/mol. The maximum atomic E-state index is 10.9. The third-order valence-corrected chi connectivity index (χ3v) is 4.25. The molecule has 1 aromatic rings. The first-order chi connectivity index (χ1) is 9.92. The van der Waals surface area contributed by atoms with Gasteiger partial charge in [0.2, 0.25) is 10.0 Å². The van der Waals surface area contributed by atoms with Crippen LogP contribution >= 0.6 is 0 Å². The Kier molecular flexibility index (Phi) is 7.10. The van der Waals surface area contributed by atoms with Crippen molar-refractivity contribution in [3.8, 4) is 5.75 Å². The smallest absolute Gasteiger partial charge is 0.241 e. The lowest BCUT2D eigenvalue weighted by molar-refractivity contribution is -0.0258. The molecule has 0 radical (unpaired) electrons. The van der Waals surface area contributed by atoms with Crippen molar-refractivity contribution in [3.63, 3.8) is 0 Å². The van der Waals surface area contributed by atoms with Gasteiger partial charge in [-0.05, 0) is 30.9 Å². The SMILES string of the molecule is COCC1CC(OC)C1.COc1ccccc1S(N)(=O)=O. The number of sulfonamides is 1. The maximum absolute atomic E-state index is 10.9. The number of hydrogen-bond donors (Lipinski definition) is 1. The lowest BCUT2D eigenvalue weighted by Gasteiger charge is -2.33. The van der Waals surface area contributed by atoms with E-state index >= 15 is 0 Å². The van der Waals surface area contributed by atoms with E-state index in [2.05, 4.69) is 0 Å². The molecule has 2 N–H and O–H groups in total. The molecule has 6 nitrogen and oxygen atoms in total. The number of methoxy groups -OCH3 is 3. The van der Waals surface area contributed by atoms with Crippen LogP contribution in [0, 0.1) is 5.92 Å². The number of primary sulfonamides is 1. The van der Waals surface area contributed by atoms with Crippen LogP contribution in [-0.2, 0) is 19.5 Å². The summed E-state index contributed by atoms with van der Waals surface area (Å²) in [5.74, 6) is 1.03. The van der Waals surface area contributed by atoms with Gasteiger partial charge >= 0.3 is 0 Å². The fourth-order valence-corrected chi connectivity index (χ4v) is 2.79. The van der Waals surface area contributed by atoms with E-state index in [-0.39, 0.29) is 10.6 Å². The topological polar surface area (TPSA) is 87.8 Å². The molecule has 120 valence electrons. The molecule has 0 spiro atoms. The number of rotatable bonds is 5. The van der Waals surface area contributed by atoms with Crippen molar-refractivity contribution in [1.82, 2.24) is 0 Å². The molecule has 1 aromatic carbocycles. The van der Waals surface area contributed by atoms with Gasteiger partial charge < -0.3 is 14.2 Å². The molecule has 0 amide bonds. The number of ether oxygens (including phenoxy) is 3. The molecular weight excluding hydrogens is 294 g/mol. The summed E-state index contributed by atoms with van der Waals surface area (Å²) in [5, 5.41) is 4.93.